The Balaban J connectivity index is 1.70. The molecule has 1 aliphatic rings. The van der Waals surface area contributed by atoms with Gasteiger partial charge in [0.25, 0.3) is 0 Å². The Morgan fingerprint density at radius 2 is 1.92 bits per heavy atom. The van der Waals surface area contributed by atoms with Crippen LogP contribution in [0.15, 0.2) is 36.9 Å². The Hall–Kier alpha value is -1.17. The molecule has 0 aromatic heterocycles. The zero-order valence-corrected chi connectivity index (χ0v) is 17.3. The van der Waals surface area contributed by atoms with Crippen LogP contribution in [0.3, 0.4) is 0 Å². The van der Waals surface area contributed by atoms with Gasteiger partial charge in [-0.2, -0.15) is 11.8 Å². The molecule has 0 aliphatic heterocycles. The fraction of sp³-hybridized carbons (Fsp3) is 0.550. The quantitative estimate of drug-likeness (QED) is 0.583. The first-order valence-electron chi connectivity index (χ1n) is 9.11. The highest BCUT2D eigenvalue weighted by Crippen LogP contribution is 2.31. The van der Waals surface area contributed by atoms with Crippen LogP contribution in [-0.2, 0) is 0 Å². The Morgan fingerprint density at radius 3 is 2.54 bits per heavy atom. The largest absolute Gasteiger partial charge is 0.415 e. The third kappa shape index (κ3) is 6.86. The molecule has 0 bridgehead atoms. The maximum atomic E-state index is 12.3. The van der Waals surface area contributed by atoms with E-state index >= 15 is 0 Å². The smallest absolute Gasteiger partial charge is 0.410 e. The molecule has 0 radical (unpaired) electrons. The molecule has 1 fully saturated rings. The number of thioether (sulfide) groups is 1. The lowest BCUT2D eigenvalue weighted by atomic mass is 9.94. The zero-order chi connectivity index (χ0) is 18.9. The second-order valence-corrected chi connectivity index (χ2v) is 8.63. The minimum atomic E-state index is -0.297. The molecule has 0 N–H and O–H groups in total. The molecule has 2 rings (SSSR count). The monoisotopic (exact) mass is 396 g/mol. The second-order valence-electron chi connectivity index (χ2n) is 6.79. The summed E-state index contributed by atoms with van der Waals surface area (Å²) in [7, 11) is 3.96. The van der Waals surface area contributed by atoms with Crippen LogP contribution in [0, 0.1) is 0 Å². The predicted molar refractivity (Wildman–Crippen MR) is 111 cm³/mol. The first kappa shape index (κ1) is 21.1. The molecular weight excluding hydrogens is 368 g/mol. The predicted octanol–water partition coefficient (Wildman–Crippen LogP) is 4.93. The Bertz CT molecular complexity index is 574. The number of nitrogens with zero attached hydrogens (tertiary/aromatic N) is 2. The van der Waals surface area contributed by atoms with Crippen molar-refractivity contribution in [2.75, 3.05) is 32.9 Å². The van der Waals surface area contributed by atoms with Gasteiger partial charge < -0.3 is 14.5 Å². The summed E-state index contributed by atoms with van der Waals surface area (Å²) >= 11 is 7.91. The fourth-order valence-electron chi connectivity index (χ4n) is 3.11. The van der Waals surface area contributed by atoms with Crippen LogP contribution in [0.25, 0.3) is 0 Å². The van der Waals surface area contributed by atoms with Gasteiger partial charge in [-0.25, -0.2) is 4.79 Å². The molecule has 1 aromatic rings. The van der Waals surface area contributed by atoms with Gasteiger partial charge in [0.2, 0.25) is 0 Å². The highest BCUT2D eigenvalue weighted by molar-refractivity contribution is 7.99. The van der Waals surface area contributed by atoms with E-state index in [0.717, 1.165) is 44.5 Å². The number of benzene rings is 1. The minimum Gasteiger partial charge on any atom is -0.410 e. The van der Waals surface area contributed by atoms with E-state index in [9.17, 15) is 4.79 Å². The Labute approximate surface area is 166 Å². The van der Waals surface area contributed by atoms with Crippen LogP contribution in [0.1, 0.15) is 25.7 Å². The van der Waals surface area contributed by atoms with E-state index < -0.39 is 0 Å². The third-order valence-electron chi connectivity index (χ3n) is 4.77. The first-order chi connectivity index (χ1) is 12.5. The van der Waals surface area contributed by atoms with Gasteiger partial charge in [0.15, 0.2) is 0 Å². The van der Waals surface area contributed by atoms with Crippen LogP contribution in [-0.4, -0.2) is 60.1 Å². The number of carbonyl (C=O) groups excluding carboxylic acids is 1. The number of amides is 1. The van der Waals surface area contributed by atoms with Crippen molar-refractivity contribution in [3.8, 4) is 5.75 Å². The van der Waals surface area contributed by atoms with E-state index in [2.05, 4.69) is 30.3 Å². The van der Waals surface area contributed by atoms with Crippen LogP contribution < -0.4 is 4.74 Å². The van der Waals surface area contributed by atoms with Crippen LogP contribution in [0.4, 0.5) is 4.79 Å². The van der Waals surface area contributed by atoms with Crippen molar-refractivity contribution < 1.29 is 9.53 Å². The third-order valence-corrected chi connectivity index (χ3v) is 6.38. The van der Waals surface area contributed by atoms with E-state index in [1.54, 1.807) is 29.2 Å². The molecule has 26 heavy (non-hydrogen) atoms. The summed E-state index contributed by atoms with van der Waals surface area (Å²) in [4.78, 5) is 16.4. The topological polar surface area (TPSA) is 32.8 Å². The van der Waals surface area contributed by atoms with Gasteiger partial charge in [0, 0.05) is 42.2 Å². The summed E-state index contributed by atoms with van der Waals surface area (Å²) < 4.78 is 5.43. The van der Waals surface area contributed by atoms with Crippen molar-refractivity contribution in [3.05, 3.63) is 41.9 Å². The molecule has 4 nitrogen and oxygen atoms in total. The lowest BCUT2D eigenvalue weighted by molar-refractivity contribution is 0.133. The van der Waals surface area contributed by atoms with Crippen molar-refractivity contribution in [2.24, 2.45) is 0 Å². The fourth-order valence-corrected chi connectivity index (χ4v) is 4.59. The molecule has 6 heteroatoms. The molecule has 0 spiro atoms. The van der Waals surface area contributed by atoms with Gasteiger partial charge in [-0.15, -0.1) is 6.58 Å². The van der Waals surface area contributed by atoms with E-state index in [4.69, 9.17) is 16.3 Å². The summed E-state index contributed by atoms with van der Waals surface area (Å²) in [5.41, 5.74) is 0. The van der Waals surface area contributed by atoms with E-state index in [1.165, 1.54) is 0 Å². The zero-order valence-electron chi connectivity index (χ0n) is 15.7. The minimum absolute atomic E-state index is 0.259. The van der Waals surface area contributed by atoms with Crippen molar-refractivity contribution in [1.82, 2.24) is 9.80 Å². The van der Waals surface area contributed by atoms with Gasteiger partial charge in [-0.05, 0) is 57.0 Å². The standard InChI is InChI=1S/C20H29ClN2O2S/c1-4-13-22(2)14-15-26-19-11-7-17(8-12-19)23(3)20(24)25-18-9-5-16(21)6-10-18/h4-6,9-10,17,19H,1,7-8,11-15H2,2-3H3. The molecule has 0 unspecified atom stereocenters. The number of likely N-dealkylation sites (N-methyl/N-ethyl adjacent to an activating group) is 1. The number of halogens is 1. The van der Waals surface area contributed by atoms with E-state index in [0.29, 0.717) is 16.0 Å². The van der Waals surface area contributed by atoms with Gasteiger partial charge in [0.05, 0.1) is 0 Å². The van der Waals surface area contributed by atoms with Crippen LogP contribution in [0.2, 0.25) is 5.02 Å². The lowest BCUT2D eigenvalue weighted by Crippen LogP contribution is -2.41. The van der Waals surface area contributed by atoms with Gasteiger partial charge in [-0.3, -0.25) is 0 Å². The van der Waals surface area contributed by atoms with Gasteiger partial charge in [0.1, 0.15) is 5.75 Å². The average Bonchev–Trinajstić information content (AvgIpc) is 2.64. The number of ether oxygens (including phenoxy) is 1. The summed E-state index contributed by atoms with van der Waals surface area (Å²) in [6.07, 6.45) is 6.01. The van der Waals surface area contributed by atoms with Gasteiger partial charge >= 0.3 is 6.09 Å². The van der Waals surface area contributed by atoms with Crippen LogP contribution >= 0.6 is 23.4 Å². The average molecular weight is 397 g/mol. The second kappa shape index (κ2) is 10.9. The number of rotatable bonds is 8. The summed E-state index contributed by atoms with van der Waals surface area (Å²) in [5.74, 6) is 1.67. The van der Waals surface area contributed by atoms with Gasteiger partial charge in [-0.1, -0.05) is 17.7 Å². The molecule has 144 valence electrons. The van der Waals surface area contributed by atoms with Crippen molar-refractivity contribution in [2.45, 2.75) is 37.0 Å². The van der Waals surface area contributed by atoms with Crippen LogP contribution in [0.5, 0.6) is 5.75 Å². The highest BCUT2D eigenvalue weighted by Gasteiger charge is 2.27. The normalized spacial score (nSPS) is 20.0. The summed E-state index contributed by atoms with van der Waals surface area (Å²) in [6.45, 7) is 5.80. The summed E-state index contributed by atoms with van der Waals surface area (Å²) in [5, 5.41) is 1.33. The highest BCUT2D eigenvalue weighted by atomic mass is 35.5. The van der Waals surface area contributed by atoms with Crippen molar-refractivity contribution in [1.29, 1.82) is 0 Å². The number of hydrogen-bond acceptors (Lipinski definition) is 4. The lowest BCUT2D eigenvalue weighted by Gasteiger charge is -2.34. The molecule has 1 saturated carbocycles. The molecule has 0 heterocycles. The number of carbonyl (C=O) groups is 1. The SMILES string of the molecule is C=CCN(C)CCSC1CCC(N(C)C(=O)Oc2ccc(Cl)cc2)CC1. The van der Waals surface area contributed by atoms with E-state index in [1.807, 2.05) is 13.1 Å². The molecule has 1 aliphatic carbocycles. The van der Waals surface area contributed by atoms with E-state index in [-0.39, 0.29) is 12.1 Å². The molecule has 1 aromatic carbocycles. The maximum absolute atomic E-state index is 12.3. The molecule has 0 saturated heterocycles. The Kier molecular flexibility index (Phi) is 8.82. The molecule has 1 amide bonds. The number of hydrogen-bond donors (Lipinski definition) is 0. The van der Waals surface area contributed by atoms with Crippen molar-refractivity contribution in [3.63, 3.8) is 0 Å². The molecular formula is C20H29ClN2O2S. The maximum Gasteiger partial charge on any atom is 0.415 e. The molecule has 0 atom stereocenters. The first-order valence-corrected chi connectivity index (χ1v) is 10.5. The summed E-state index contributed by atoms with van der Waals surface area (Å²) in [6, 6.07) is 7.13. The van der Waals surface area contributed by atoms with Crippen molar-refractivity contribution >= 4 is 29.5 Å². The Morgan fingerprint density at radius 1 is 1.27 bits per heavy atom.